The standard InChI is InChI=1S/C16H22N2O5S/c1-11-13-10-12(7-8-14(13)18-16(11)20)24(21,22)17-9-5-3-4-6-15(19)23-2/h7-8,10-11,17H,3-6,9H2,1-2H3,(H,18,20)/t11-/m0/s1. The van der Waals surface area contributed by atoms with Gasteiger partial charge in [-0.25, -0.2) is 13.1 Å². The maximum Gasteiger partial charge on any atom is 0.305 e. The van der Waals surface area contributed by atoms with Crippen molar-refractivity contribution in [2.75, 3.05) is 19.0 Å². The number of amides is 1. The van der Waals surface area contributed by atoms with Gasteiger partial charge in [-0.05, 0) is 43.5 Å². The Morgan fingerprint density at radius 2 is 2.04 bits per heavy atom. The summed E-state index contributed by atoms with van der Waals surface area (Å²) in [6.45, 7) is 2.04. The van der Waals surface area contributed by atoms with E-state index in [0.717, 1.165) is 6.42 Å². The van der Waals surface area contributed by atoms with Gasteiger partial charge in [-0.3, -0.25) is 9.59 Å². The molecule has 2 rings (SSSR count). The average Bonchev–Trinajstić information content (AvgIpc) is 2.84. The smallest absolute Gasteiger partial charge is 0.305 e. The lowest BCUT2D eigenvalue weighted by molar-refractivity contribution is -0.140. The largest absolute Gasteiger partial charge is 0.469 e. The normalized spacial score (nSPS) is 16.6. The number of anilines is 1. The molecule has 1 aromatic rings. The van der Waals surface area contributed by atoms with Crippen LogP contribution in [0.5, 0.6) is 0 Å². The SMILES string of the molecule is COC(=O)CCCCCNS(=O)(=O)c1ccc2c(c1)[C@H](C)C(=O)N2. The first-order chi connectivity index (χ1) is 11.3. The molecule has 2 N–H and O–H groups in total. The zero-order valence-corrected chi connectivity index (χ0v) is 14.6. The third-order valence-electron chi connectivity index (χ3n) is 4.03. The van der Waals surface area contributed by atoms with Crippen LogP contribution >= 0.6 is 0 Å². The van der Waals surface area contributed by atoms with Crippen LogP contribution in [-0.2, 0) is 24.3 Å². The molecule has 8 heteroatoms. The molecule has 1 atom stereocenters. The summed E-state index contributed by atoms with van der Waals surface area (Å²) in [5.41, 5.74) is 1.36. The molecule has 7 nitrogen and oxygen atoms in total. The van der Waals surface area contributed by atoms with E-state index in [1.165, 1.54) is 19.2 Å². The summed E-state index contributed by atoms with van der Waals surface area (Å²) in [5, 5.41) is 2.71. The monoisotopic (exact) mass is 354 g/mol. The summed E-state index contributed by atoms with van der Waals surface area (Å²) in [6.07, 6.45) is 2.38. The van der Waals surface area contributed by atoms with Crippen molar-refractivity contribution in [3.63, 3.8) is 0 Å². The van der Waals surface area contributed by atoms with Crippen molar-refractivity contribution >= 4 is 27.6 Å². The van der Waals surface area contributed by atoms with Crippen molar-refractivity contribution in [2.45, 2.75) is 43.4 Å². The highest BCUT2D eigenvalue weighted by molar-refractivity contribution is 7.89. The molecule has 0 saturated heterocycles. The van der Waals surface area contributed by atoms with Gasteiger partial charge in [0.15, 0.2) is 0 Å². The predicted molar refractivity (Wildman–Crippen MR) is 89.2 cm³/mol. The first-order valence-electron chi connectivity index (χ1n) is 7.86. The number of fused-ring (bicyclic) bond motifs is 1. The Bertz CT molecular complexity index is 730. The van der Waals surface area contributed by atoms with Crippen LogP contribution in [0.4, 0.5) is 5.69 Å². The first kappa shape index (κ1) is 18.4. The number of carbonyl (C=O) groups excluding carboxylic acids is 2. The molecule has 24 heavy (non-hydrogen) atoms. The van der Waals surface area contributed by atoms with Crippen LogP contribution in [0.3, 0.4) is 0 Å². The summed E-state index contributed by atoms with van der Waals surface area (Å²) < 4.78 is 31.7. The van der Waals surface area contributed by atoms with E-state index in [0.29, 0.717) is 37.1 Å². The van der Waals surface area contributed by atoms with Crippen molar-refractivity contribution in [3.8, 4) is 0 Å². The summed E-state index contributed by atoms with van der Waals surface area (Å²) in [6, 6.07) is 4.63. The lowest BCUT2D eigenvalue weighted by Crippen LogP contribution is -2.25. The van der Waals surface area contributed by atoms with Crippen molar-refractivity contribution in [1.82, 2.24) is 4.72 Å². The van der Waals surface area contributed by atoms with E-state index in [1.807, 2.05) is 0 Å². The number of benzene rings is 1. The molecule has 1 amide bonds. The van der Waals surface area contributed by atoms with E-state index < -0.39 is 10.0 Å². The molecule has 0 radical (unpaired) electrons. The summed E-state index contributed by atoms with van der Waals surface area (Å²) in [5.74, 6) is -0.738. The zero-order chi connectivity index (χ0) is 17.7. The van der Waals surface area contributed by atoms with Crippen molar-refractivity contribution < 1.29 is 22.7 Å². The van der Waals surface area contributed by atoms with Crippen LogP contribution in [0.1, 0.15) is 44.1 Å². The summed E-state index contributed by atoms with van der Waals surface area (Å²) in [7, 11) is -2.27. The van der Waals surface area contributed by atoms with E-state index in [1.54, 1.807) is 13.0 Å². The maximum atomic E-state index is 12.3. The van der Waals surface area contributed by atoms with E-state index in [2.05, 4.69) is 14.8 Å². The van der Waals surface area contributed by atoms with Crippen molar-refractivity contribution in [3.05, 3.63) is 23.8 Å². The fourth-order valence-corrected chi connectivity index (χ4v) is 3.63. The molecule has 0 aliphatic carbocycles. The number of hydrogen-bond acceptors (Lipinski definition) is 5. The Hall–Kier alpha value is -1.93. The number of methoxy groups -OCH3 is 1. The van der Waals surface area contributed by atoms with Gasteiger partial charge in [-0.1, -0.05) is 6.42 Å². The highest BCUT2D eigenvalue weighted by Gasteiger charge is 2.28. The minimum Gasteiger partial charge on any atom is -0.469 e. The van der Waals surface area contributed by atoms with E-state index in [9.17, 15) is 18.0 Å². The van der Waals surface area contributed by atoms with Gasteiger partial charge < -0.3 is 10.1 Å². The Labute approximate surface area is 141 Å². The molecule has 0 unspecified atom stereocenters. The minimum absolute atomic E-state index is 0.127. The molecule has 0 aromatic heterocycles. The molecule has 0 spiro atoms. The van der Waals surface area contributed by atoms with Gasteiger partial charge in [0, 0.05) is 18.7 Å². The lowest BCUT2D eigenvalue weighted by Gasteiger charge is -2.09. The molecule has 0 saturated carbocycles. The zero-order valence-electron chi connectivity index (χ0n) is 13.8. The predicted octanol–water partition coefficient (Wildman–Crippen LogP) is 1.75. The van der Waals surface area contributed by atoms with Gasteiger partial charge in [0.25, 0.3) is 0 Å². The van der Waals surface area contributed by atoms with Crippen molar-refractivity contribution in [2.24, 2.45) is 0 Å². The minimum atomic E-state index is -3.61. The van der Waals surface area contributed by atoms with Gasteiger partial charge in [-0.2, -0.15) is 0 Å². The van der Waals surface area contributed by atoms with Gasteiger partial charge in [0.1, 0.15) is 0 Å². The number of carbonyl (C=O) groups is 2. The molecule has 1 aliphatic rings. The fourth-order valence-electron chi connectivity index (χ4n) is 2.53. The molecule has 1 heterocycles. The highest BCUT2D eigenvalue weighted by Crippen LogP contribution is 2.33. The molecule has 0 fully saturated rings. The lowest BCUT2D eigenvalue weighted by atomic mass is 10.0. The number of ether oxygens (including phenoxy) is 1. The van der Waals surface area contributed by atoms with Crippen LogP contribution < -0.4 is 10.0 Å². The van der Waals surface area contributed by atoms with E-state index in [-0.39, 0.29) is 22.7 Å². The number of unbranched alkanes of at least 4 members (excludes halogenated alkanes) is 2. The van der Waals surface area contributed by atoms with Crippen LogP contribution in [-0.4, -0.2) is 33.9 Å². The topological polar surface area (TPSA) is 102 Å². The Morgan fingerprint density at radius 3 is 2.75 bits per heavy atom. The molecule has 1 aromatic carbocycles. The second kappa shape index (κ2) is 7.76. The quantitative estimate of drug-likeness (QED) is 0.547. The van der Waals surface area contributed by atoms with Gasteiger partial charge in [-0.15, -0.1) is 0 Å². The third kappa shape index (κ3) is 4.33. The number of sulfonamides is 1. The Balaban J connectivity index is 1.88. The van der Waals surface area contributed by atoms with Crippen LogP contribution in [0, 0.1) is 0 Å². The van der Waals surface area contributed by atoms with E-state index in [4.69, 9.17) is 0 Å². The number of nitrogens with one attached hydrogen (secondary N) is 2. The van der Waals surface area contributed by atoms with Crippen LogP contribution in [0.25, 0.3) is 0 Å². The number of rotatable bonds is 8. The second-order valence-electron chi connectivity index (χ2n) is 5.74. The molecular weight excluding hydrogens is 332 g/mol. The van der Waals surface area contributed by atoms with Gasteiger partial charge in [0.2, 0.25) is 15.9 Å². The molecule has 132 valence electrons. The van der Waals surface area contributed by atoms with Crippen molar-refractivity contribution in [1.29, 1.82) is 0 Å². The average molecular weight is 354 g/mol. The molecular formula is C16H22N2O5S. The number of esters is 1. The second-order valence-corrected chi connectivity index (χ2v) is 7.51. The van der Waals surface area contributed by atoms with Gasteiger partial charge in [0.05, 0.1) is 17.9 Å². The Morgan fingerprint density at radius 1 is 1.29 bits per heavy atom. The third-order valence-corrected chi connectivity index (χ3v) is 5.49. The fraction of sp³-hybridized carbons (Fsp3) is 0.500. The summed E-state index contributed by atoms with van der Waals surface area (Å²) in [4.78, 5) is 22.7. The highest BCUT2D eigenvalue weighted by atomic mass is 32.2. The molecule has 1 aliphatic heterocycles. The number of hydrogen-bond donors (Lipinski definition) is 2. The Kier molecular flexibility index (Phi) is 5.95. The maximum absolute atomic E-state index is 12.3. The first-order valence-corrected chi connectivity index (χ1v) is 9.35. The molecule has 0 bridgehead atoms. The van der Waals surface area contributed by atoms with E-state index >= 15 is 0 Å². The van der Waals surface area contributed by atoms with Gasteiger partial charge >= 0.3 is 5.97 Å². The summed E-state index contributed by atoms with van der Waals surface area (Å²) >= 11 is 0. The van der Waals surface area contributed by atoms with Crippen LogP contribution in [0.2, 0.25) is 0 Å². The van der Waals surface area contributed by atoms with Crippen LogP contribution in [0.15, 0.2) is 23.1 Å².